The zero-order valence-electron chi connectivity index (χ0n) is 15.0. The summed E-state index contributed by atoms with van der Waals surface area (Å²) in [5, 5.41) is 5.36. The highest BCUT2D eigenvalue weighted by molar-refractivity contribution is 8.06. The van der Waals surface area contributed by atoms with Crippen molar-refractivity contribution >= 4 is 23.5 Å². The summed E-state index contributed by atoms with van der Waals surface area (Å²) < 4.78 is 7.11. The van der Waals surface area contributed by atoms with Crippen LogP contribution in [0.1, 0.15) is 11.6 Å². The van der Waals surface area contributed by atoms with Gasteiger partial charge in [-0.2, -0.15) is 28.6 Å². The molecule has 1 aliphatic rings. The Labute approximate surface area is 157 Å². The van der Waals surface area contributed by atoms with Gasteiger partial charge >= 0.3 is 0 Å². The second kappa shape index (κ2) is 8.91. The lowest BCUT2D eigenvalue weighted by Gasteiger charge is -2.20. The van der Waals surface area contributed by atoms with Gasteiger partial charge in [-0.1, -0.05) is 0 Å². The summed E-state index contributed by atoms with van der Waals surface area (Å²) in [5.41, 5.74) is 0.938. The van der Waals surface area contributed by atoms with Gasteiger partial charge in [0.15, 0.2) is 5.82 Å². The van der Waals surface area contributed by atoms with Crippen molar-refractivity contribution in [2.45, 2.75) is 18.1 Å². The fourth-order valence-electron chi connectivity index (χ4n) is 2.64. The molecule has 1 fully saturated rings. The Morgan fingerprint density at radius 2 is 2.20 bits per heavy atom. The minimum atomic E-state index is 0.606. The van der Waals surface area contributed by atoms with E-state index in [2.05, 4.69) is 24.0 Å². The number of rotatable bonds is 7. The van der Waals surface area contributed by atoms with Crippen molar-refractivity contribution in [1.29, 1.82) is 0 Å². The zero-order chi connectivity index (χ0) is 17.6. The van der Waals surface area contributed by atoms with Gasteiger partial charge in [-0.05, 0) is 20.2 Å². The van der Waals surface area contributed by atoms with Gasteiger partial charge in [0, 0.05) is 48.0 Å². The Balaban J connectivity index is 1.83. The normalized spacial score (nSPS) is 17.8. The Morgan fingerprint density at radius 1 is 1.32 bits per heavy atom. The third-order valence-corrected chi connectivity index (χ3v) is 6.82. The fourth-order valence-corrected chi connectivity index (χ4v) is 5.31. The number of thioether (sulfide) groups is 2. The number of aromatic nitrogens is 4. The molecule has 2 aromatic heterocycles. The van der Waals surface area contributed by atoms with Crippen LogP contribution in [0.5, 0.6) is 5.88 Å². The maximum atomic E-state index is 5.16. The molecule has 3 heterocycles. The summed E-state index contributed by atoms with van der Waals surface area (Å²) >= 11 is 4.09. The van der Waals surface area contributed by atoms with Gasteiger partial charge in [0.1, 0.15) is 5.82 Å². The molecule has 136 valence electrons. The maximum absolute atomic E-state index is 5.16. The summed E-state index contributed by atoms with van der Waals surface area (Å²) in [6.45, 7) is 0.943. The van der Waals surface area contributed by atoms with Crippen LogP contribution in [0.3, 0.4) is 0 Å². The van der Waals surface area contributed by atoms with Gasteiger partial charge in [0.25, 0.3) is 0 Å². The minimum absolute atomic E-state index is 0.606. The molecule has 0 saturated carbocycles. The van der Waals surface area contributed by atoms with E-state index in [0.29, 0.717) is 11.1 Å². The lowest BCUT2D eigenvalue weighted by Crippen LogP contribution is -2.19. The maximum Gasteiger partial charge on any atom is 0.213 e. The molecule has 0 aliphatic carbocycles. The highest BCUT2D eigenvalue weighted by atomic mass is 32.2. The van der Waals surface area contributed by atoms with Crippen LogP contribution in [0.2, 0.25) is 0 Å². The third kappa shape index (κ3) is 5.12. The Morgan fingerprint density at radius 3 is 2.84 bits per heavy atom. The molecule has 0 N–H and O–H groups in total. The highest BCUT2D eigenvalue weighted by Gasteiger charge is 2.20. The predicted octanol–water partition coefficient (Wildman–Crippen LogP) is 2.17. The average Bonchev–Trinajstić information content (AvgIpc) is 3.03. The molecule has 0 spiro atoms. The summed E-state index contributed by atoms with van der Waals surface area (Å²) in [5.74, 6) is 6.20. The van der Waals surface area contributed by atoms with Crippen LogP contribution < -0.4 is 4.74 Å². The molecule has 0 radical (unpaired) electrons. The SMILES string of the molecule is COc1ccc(-n2nc(CCN(C)C)nc2CC2CSCCS2)cn1. The van der Waals surface area contributed by atoms with E-state index in [1.165, 1.54) is 17.3 Å². The molecule has 0 bridgehead atoms. The number of pyridine rings is 1. The Hall–Kier alpha value is -1.25. The van der Waals surface area contributed by atoms with Crippen molar-refractivity contribution < 1.29 is 4.74 Å². The summed E-state index contributed by atoms with van der Waals surface area (Å²) in [6.07, 6.45) is 3.59. The molecule has 25 heavy (non-hydrogen) atoms. The van der Waals surface area contributed by atoms with E-state index in [0.717, 1.165) is 36.7 Å². The quantitative estimate of drug-likeness (QED) is 0.731. The first-order chi connectivity index (χ1) is 12.2. The molecule has 8 heteroatoms. The van der Waals surface area contributed by atoms with Gasteiger partial charge in [0.05, 0.1) is 19.0 Å². The largest absolute Gasteiger partial charge is 0.481 e. The lowest BCUT2D eigenvalue weighted by atomic mass is 10.3. The smallest absolute Gasteiger partial charge is 0.213 e. The third-order valence-electron chi connectivity index (χ3n) is 3.97. The Kier molecular flexibility index (Phi) is 6.61. The van der Waals surface area contributed by atoms with Crippen molar-refractivity contribution in [3.05, 3.63) is 30.0 Å². The van der Waals surface area contributed by atoms with E-state index in [9.17, 15) is 0 Å². The number of likely N-dealkylation sites (N-methyl/N-ethyl adjacent to an activating group) is 1. The minimum Gasteiger partial charge on any atom is -0.481 e. The lowest BCUT2D eigenvalue weighted by molar-refractivity contribution is 0.397. The number of hydrogen-bond acceptors (Lipinski definition) is 7. The van der Waals surface area contributed by atoms with E-state index in [1.54, 1.807) is 13.3 Å². The number of methoxy groups -OCH3 is 1. The molecule has 1 atom stereocenters. The number of ether oxygens (including phenoxy) is 1. The van der Waals surface area contributed by atoms with Crippen LogP contribution in [-0.2, 0) is 12.8 Å². The summed E-state index contributed by atoms with van der Waals surface area (Å²) in [7, 11) is 5.77. The molecule has 1 unspecified atom stereocenters. The summed E-state index contributed by atoms with van der Waals surface area (Å²) in [6, 6.07) is 3.86. The molecule has 1 saturated heterocycles. The molecule has 1 aliphatic heterocycles. The second-order valence-electron chi connectivity index (χ2n) is 6.24. The van der Waals surface area contributed by atoms with Crippen LogP contribution >= 0.6 is 23.5 Å². The van der Waals surface area contributed by atoms with Crippen LogP contribution in [0, 0.1) is 0 Å². The van der Waals surface area contributed by atoms with Gasteiger partial charge in [-0.3, -0.25) is 0 Å². The fraction of sp³-hybridized carbons (Fsp3) is 0.588. The van der Waals surface area contributed by atoms with Gasteiger partial charge < -0.3 is 9.64 Å². The monoisotopic (exact) mass is 379 g/mol. The highest BCUT2D eigenvalue weighted by Crippen LogP contribution is 2.27. The van der Waals surface area contributed by atoms with E-state index in [4.69, 9.17) is 14.8 Å². The van der Waals surface area contributed by atoms with Crippen LogP contribution in [0.15, 0.2) is 18.3 Å². The first kappa shape index (κ1) is 18.5. The molecular weight excluding hydrogens is 354 g/mol. The van der Waals surface area contributed by atoms with Crippen molar-refractivity contribution in [3.63, 3.8) is 0 Å². The first-order valence-electron chi connectivity index (χ1n) is 8.45. The molecule has 6 nitrogen and oxygen atoms in total. The predicted molar refractivity (Wildman–Crippen MR) is 105 cm³/mol. The van der Waals surface area contributed by atoms with E-state index in [1.807, 2.05) is 40.3 Å². The molecule has 0 amide bonds. The topological polar surface area (TPSA) is 56.1 Å². The molecule has 0 aromatic carbocycles. The van der Waals surface area contributed by atoms with Gasteiger partial charge in [-0.25, -0.2) is 14.6 Å². The second-order valence-corrected chi connectivity index (χ2v) is 8.80. The van der Waals surface area contributed by atoms with Crippen LogP contribution in [0.25, 0.3) is 5.69 Å². The average molecular weight is 380 g/mol. The molecular formula is C17H25N5OS2. The van der Waals surface area contributed by atoms with Crippen molar-refractivity contribution in [2.75, 3.05) is 45.0 Å². The number of nitrogens with zero attached hydrogens (tertiary/aromatic N) is 5. The summed E-state index contributed by atoms with van der Waals surface area (Å²) in [4.78, 5) is 11.3. The van der Waals surface area contributed by atoms with E-state index >= 15 is 0 Å². The Bertz CT molecular complexity index is 668. The van der Waals surface area contributed by atoms with E-state index < -0.39 is 0 Å². The van der Waals surface area contributed by atoms with Crippen molar-refractivity contribution in [3.8, 4) is 11.6 Å². The molecule has 2 aromatic rings. The van der Waals surface area contributed by atoms with Crippen LogP contribution in [0.4, 0.5) is 0 Å². The first-order valence-corrected chi connectivity index (χ1v) is 10.7. The standard InChI is InChI=1S/C17H25N5OS2/c1-21(2)7-6-15-19-16(10-14-12-24-8-9-25-14)22(20-15)13-4-5-17(23-3)18-11-13/h4-5,11,14H,6-10,12H2,1-3H3. The molecule has 3 rings (SSSR count). The van der Waals surface area contributed by atoms with Gasteiger partial charge in [-0.15, -0.1) is 0 Å². The van der Waals surface area contributed by atoms with Crippen LogP contribution in [-0.4, -0.2) is 74.9 Å². The zero-order valence-corrected chi connectivity index (χ0v) is 16.6. The van der Waals surface area contributed by atoms with E-state index in [-0.39, 0.29) is 0 Å². The van der Waals surface area contributed by atoms with Crippen molar-refractivity contribution in [2.24, 2.45) is 0 Å². The number of hydrogen-bond donors (Lipinski definition) is 0. The van der Waals surface area contributed by atoms with Crippen molar-refractivity contribution in [1.82, 2.24) is 24.6 Å². The van der Waals surface area contributed by atoms with Gasteiger partial charge in [0.2, 0.25) is 5.88 Å².